The van der Waals surface area contributed by atoms with Gasteiger partial charge in [0.05, 0.1) is 0 Å². The molecule has 0 aliphatic heterocycles. The molecule has 1 unspecified atom stereocenters. The van der Waals surface area contributed by atoms with Crippen molar-refractivity contribution >= 4 is 0 Å². The minimum absolute atomic E-state index is 0.455. The van der Waals surface area contributed by atoms with Crippen molar-refractivity contribution in [2.45, 2.75) is 39.3 Å². The summed E-state index contributed by atoms with van der Waals surface area (Å²) < 4.78 is 0. The van der Waals surface area contributed by atoms with Gasteiger partial charge in [0.25, 0.3) is 0 Å². The van der Waals surface area contributed by atoms with Crippen molar-refractivity contribution in [3.63, 3.8) is 0 Å². The molecule has 0 amide bonds. The molecule has 1 rings (SSSR count). The van der Waals surface area contributed by atoms with E-state index in [9.17, 15) is 0 Å². The lowest BCUT2D eigenvalue weighted by molar-refractivity contribution is 0.258. The summed E-state index contributed by atoms with van der Waals surface area (Å²) >= 11 is 0. The summed E-state index contributed by atoms with van der Waals surface area (Å²) in [4.78, 5) is 2.39. The molecular weight excluding hydrogens is 208 g/mol. The van der Waals surface area contributed by atoms with Gasteiger partial charge >= 0.3 is 0 Å². The van der Waals surface area contributed by atoms with Gasteiger partial charge in [-0.15, -0.1) is 0 Å². The van der Waals surface area contributed by atoms with Crippen molar-refractivity contribution in [2.75, 3.05) is 20.6 Å². The third-order valence-electron chi connectivity index (χ3n) is 3.48. The van der Waals surface area contributed by atoms with Crippen LogP contribution in [0.25, 0.3) is 0 Å². The third kappa shape index (κ3) is 4.49. The third-order valence-corrected chi connectivity index (χ3v) is 3.48. The van der Waals surface area contributed by atoms with Crippen LogP contribution in [0.3, 0.4) is 0 Å². The fourth-order valence-corrected chi connectivity index (χ4v) is 1.87. The van der Waals surface area contributed by atoms with Crippen molar-refractivity contribution in [3.8, 4) is 0 Å². The molecule has 0 aromatic heterocycles. The molecule has 0 aliphatic rings. The minimum atomic E-state index is 0.455. The second kappa shape index (κ2) is 6.77. The van der Waals surface area contributed by atoms with E-state index in [1.807, 2.05) is 7.05 Å². The number of hydrogen-bond donors (Lipinski definition) is 1. The summed E-state index contributed by atoms with van der Waals surface area (Å²) in [5.74, 6) is 0. The summed E-state index contributed by atoms with van der Waals surface area (Å²) in [6.45, 7) is 7.72. The lowest BCUT2D eigenvalue weighted by Crippen LogP contribution is -2.30. The molecule has 1 aromatic rings. The Balaban J connectivity index is 2.57. The molecule has 0 spiro atoms. The monoisotopic (exact) mass is 234 g/mol. The van der Waals surface area contributed by atoms with Gasteiger partial charge in [-0.1, -0.05) is 29.8 Å². The molecule has 1 atom stereocenters. The zero-order valence-corrected chi connectivity index (χ0v) is 11.8. The second-order valence-electron chi connectivity index (χ2n) is 5.11. The van der Waals surface area contributed by atoms with Crippen LogP contribution in [0, 0.1) is 6.92 Å². The number of nitrogens with one attached hydrogen (secondary N) is 1. The summed E-state index contributed by atoms with van der Waals surface area (Å²) in [6, 6.07) is 9.90. The SMILES string of the molecule is CNC(CCN(C)C(C)C)c1ccc(C)cc1. The van der Waals surface area contributed by atoms with Crippen molar-refractivity contribution in [3.05, 3.63) is 35.4 Å². The number of aryl methyl sites for hydroxylation is 1. The van der Waals surface area contributed by atoms with Gasteiger partial charge in [0.1, 0.15) is 0 Å². The Morgan fingerprint density at radius 3 is 2.24 bits per heavy atom. The highest BCUT2D eigenvalue weighted by Crippen LogP contribution is 2.17. The van der Waals surface area contributed by atoms with Crippen LogP contribution >= 0.6 is 0 Å². The molecule has 0 bridgehead atoms. The largest absolute Gasteiger partial charge is 0.313 e. The van der Waals surface area contributed by atoms with Crippen LogP contribution in [-0.2, 0) is 0 Å². The lowest BCUT2D eigenvalue weighted by Gasteiger charge is -2.24. The number of benzene rings is 1. The number of nitrogens with zero attached hydrogens (tertiary/aromatic N) is 1. The summed E-state index contributed by atoms with van der Waals surface area (Å²) in [5, 5.41) is 3.41. The highest BCUT2D eigenvalue weighted by atomic mass is 15.1. The van der Waals surface area contributed by atoms with E-state index in [1.54, 1.807) is 0 Å². The molecule has 2 heteroatoms. The van der Waals surface area contributed by atoms with Gasteiger partial charge in [-0.25, -0.2) is 0 Å². The average Bonchev–Trinajstić information content (AvgIpc) is 2.31. The predicted molar refractivity (Wildman–Crippen MR) is 75.4 cm³/mol. The van der Waals surface area contributed by atoms with Gasteiger partial charge in [0, 0.05) is 12.1 Å². The molecule has 2 nitrogen and oxygen atoms in total. The molecule has 17 heavy (non-hydrogen) atoms. The molecule has 0 saturated heterocycles. The van der Waals surface area contributed by atoms with Crippen LogP contribution in [-0.4, -0.2) is 31.6 Å². The Morgan fingerprint density at radius 1 is 1.18 bits per heavy atom. The number of hydrogen-bond acceptors (Lipinski definition) is 2. The van der Waals surface area contributed by atoms with Crippen molar-refractivity contribution in [1.29, 1.82) is 0 Å². The molecule has 0 aliphatic carbocycles. The summed E-state index contributed by atoms with van der Waals surface area (Å²) in [7, 11) is 4.23. The van der Waals surface area contributed by atoms with Gasteiger partial charge in [-0.2, -0.15) is 0 Å². The maximum atomic E-state index is 3.41. The van der Waals surface area contributed by atoms with E-state index in [1.165, 1.54) is 11.1 Å². The van der Waals surface area contributed by atoms with E-state index in [-0.39, 0.29) is 0 Å². The van der Waals surface area contributed by atoms with Crippen molar-refractivity contribution in [1.82, 2.24) is 10.2 Å². The topological polar surface area (TPSA) is 15.3 Å². The van der Waals surface area contributed by atoms with Gasteiger partial charge in [0.2, 0.25) is 0 Å². The number of rotatable bonds is 6. The van der Waals surface area contributed by atoms with Crippen molar-refractivity contribution < 1.29 is 0 Å². The smallest absolute Gasteiger partial charge is 0.0329 e. The van der Waals surface area contributed by atoms with E-state index in [2.05, 4.69) is 62.3 Å². The Hall–Kier alpha value is -0.860. The predicted octanol–water partition coefficient (Wildman–Crippen LogP) is 2.99. The minimum Gasteiger partial charge on any atom is -0.313 e. The molecular formula is C15H26N2. The molecule has 1 aromatic carbocycles. The van der Waals surface area contributed by atoms with Crippen LogP contribution in [0.15, 0.2) is 24.3 Å². The van der Waals surface area contributed by atoms with Gasteiger partial charge in [0.15, 0.2) is 0 Å². The van der Waals surface area contributed by atoms with Crippen LogP contribution < -0.4 is 5.32 Å². The Kier molecular flexibility index (Phi) is 5.66. The normalized spacial score (nSPS) is 13.4. The lowest BCUT2D eigenvalue weighted by atomic mass is 10.0. The van der Waals surface area contributed by atoms with Crippen LogP contribution in [0.5, 0.6) is 0 Å². The van der Waals surface area contributed by atoms with Gasteiger partial charge in [-0.05, 0) is 53.4 Å². The van der Waals surface area contributed by atoms with E-state index in [4.69, 9.17) is 0 Å². The average molecular weight is 234 g/mol. The Morgan fingerprint density at radius 2 is 1.76 bits per heavy atom. The maximum absolute atomic E-state index is 3.41. The van der Waals surface area contributed by atoms with Crippen LogP contribution in [0.1, 0.15) is 37.4 Å². The zero-order valence-electron chi connectivity index (χ0n) is 11.8. The van der Waals surface area contributed by atoms with Gasteiger partial charge in [-0.3, -0.25) is 0 Å². The van der Waals surface area contributed by atoms with Crippen molar-refractivity contribution in [2.24, 2.45) is 0 Å². The second-order valence-corrected chi connectivity index (χ2v) is 5.11. The van der Waals surface area contributed by atoms with E-state index in [0.29, 0.717) is 12.1 Å². The molecule has 0 saturated carbocycles. The zero-order chi connectivity index (χ0) is 12.8. The summed E-state index contributed by atoms with van der Waals surface area (Å²) in [6.07, 6.45) is 1.15. The van der Waals surface area contributed by atoms with E-state index < -0.39 is 0 Å². The first kappa shape index (κ1) is 14.2. The Labute approximate surface area is 106 Å². The fraction of sp³-hybridized carbons (Fsp3) is 0.600. The molecule has 0 heterocycles. The standard InChI is InChI=1S/C15H26N2/c1-12(2)17(5)11-10-15(16-4)14-8-6-13(3)7-9-14/h6-9,12,15-16H,10-11H2,1-5H3. The van der Waals surface area contributed by atoms with E-state index in [0.717, 1.165) is 13.0 Å². The van der Waals surface area contributed by atoms with Crippen LogP contribution in [0.4, 0.5) is 0 Å². The summed E-state index contributed by atoms with van der Waals surface area (Å²) in [5.41, 5.74) is 2.71. The fourth-order valence-electron chi connectivity index (χ4n) is 1.87. The first-order valence-corrected chi connectivity index (χ1v) is 6.48. The highest BCUT2D eigenvalue weighted by molar-refractivity contribution is 5.24. The Bertz CT molecular complexity index is 316. The quantitative estimate of drug-likeness (QED) is 0.814. The molecule has 0 radical (unpaired) electrons. The molecule has 1 N–H and O–H groups in total. The van der Waals surface area contributed by atoms with Gasteiger partial charge < -0.3 is 10.2 Å². The first-order chi connectivity index (χ1) is 8.04. The van der Waals surface area contributed by atoms with E-state index >= 15 is 0 Å². The first-order valence-electron chi connectivity index (χ1n) is 6.48. The highest BCUT2D eigenvalue weighted by Gasteiger charge is 2.11. The van der Waals surface area contributed by atoms with Crippen LogP contribution in [0.2, 0.25) is 0 Å². The maximum Gasteiger partial charge on any atom is 0.0329 e. The molecule has 0 fully saturated rings. The molecule has 96 valence electrons.